The van der Waals surface area contributed by atoms with Gasteiger partial charge in [-0.05, 0) is 41.8 Å². The van der Waals surface area contributed by atoms with E-state index in [4.69, 9.17) is 14.0 Å². The molecule has 0 unspecified atom stereocenters. The van der Waals surface area contributed by atoms with Crippen molar-refractivity contribution in [2.45, 2.75) is 37.9 Å². The fourth-order valence-electron chi connectivity index (χ4n) is 4.13. The van der Waals surface area contributed by atoms with Crippen LogP contribution in [0.4, 0.5) is 5.82 Å². The predicted molar refractivity (Wildman–Crippen MR) is 133 cm³/mol. The van der Waals surface area contributed by atoms with E-state index in [0.717, 1.165) is 29.9 Å². The molecule has 35 heavy (non-hydrogen) atoms. The third-order valence-electron chi connectivity index (χ3n) is 5.85. The smallest absolute Gasteiger partial charge is 0.266 e. The second kappa shape index (κ2) is 9.76. The van der Waals surface area contributed by atoms with Crippen molar-refractivity contribution in [3.63, 3.8) is 0 Å². The molecule has 2 aromatic carbocycles. The van der Waals surface area contributed by atoms with E-state index in [-0.39, 0.29) is 28.9 Å². The zero-order valence-electron chi connectivity index (χ0n) is 19.5. The number of ether oxygens (including phenoxy) is 2. The van der Waals surface area contributed by atoms with Gasteiger partial charge in [-0.3, -0.25) is 9.40 Å². The average Bonchev–Trinajstić information content (AvgIpc) is 3.53. The highest BCUT2D eigenvalue weighted by Crippen LogP contribution is 2.36. The number of anilines is 1. The lowest BCUT2D eigenvalue weighted by Gasteiger charge is -2.12. The molecule has 0 fully saturated rings. The van der Waals surface area contributed by atoms with E-state index in [1.165, 1.54) is 19.8 Å². The Morgan fingerprint density at radius 3 is 2.63 bits per heavy atom. The molecule has 5 rings (SSSR count). The largest absolute Gasteiger partial charge is 0.496 e. The van der Waals surface area contributed by atoms with Gasteiger partial charge in [0.1, 0.15) is 21.8 Å². The minimum absolute atomic E-state index is 0. The average molecular weight is 520 g/mol. The summed E-state index contributed by atoms with van der Waals surface area (Å²) < 4.78 is 47.2. The standard InChI is InChI=1S/C23H25N5O5S.ClH/c1-4-14-5-6-18(31-2)21(9-14)34(29,30)27-23-22-19(32-3)7-15(8-20(22)33-26-23)12-28-13-16-10-24-11-17(16)25-28;/h5-9,13,24H,4,10-12H2,1-3H3,(H,26,27);1H. The number of nitrogens with zero attached hydrogens (tertiary/aromatic N) is 3. The van der Waals surface area contributed by atoms with Gasteiger partial charge >= 0.3 is 0 Å². The number of hydrogen-bond donors (Lipinski definition) is 2. The lowest BCUT2D eigenvalue weighted by atomic mass is 10.1. The van der Waals surface area contributed by atoms with Gasteiger partial charge in [-0.25, -0.2) is 8.42 Å². The number of rotatable bonds is 8. The Bertz CT molecular complexity index is 1460. The van der Waals surface area contributed by atoms with E-state index in [1.54, 1.807) is 12.1 Å². The minimum atomic E-state index is -4.01. The first-order chi connectivity index (χ1) is 16.4. The molecule has 1 aliphatic heterocycles. The van der Waals surface area contributed by atoms with Crippen LogP contribution in [-0.2, 0) is 36.1 Å². The highest BCUT2D eigenvalue weighted by atomic mass is 35.5. The summed E-state index contributed by atoms with van der Waals surface area (Å²) in [5, 5.41) is 12.3. The Balaban J connectivity index is 0.00000289. The van der Waals surface area contributed by atoms with Gasteiger partial charge in [0.05, 0.1) is 26.5 Å². The van der Waals surface area contributed by atoms with Crippen LogP contribution in [0.1, 0.15) is 29.3 Å². The van der Waals surface area contributed by atoms with Crippen LogP contribution in [0.25, 0.3) is 11.0 Å². The van der Waals surface area contributed by atoms with Crippen LogP contribution in [0.5, 0.6) is 11.5 Å². The zero-order valence-corrected chi connectivity index (χ0v) is 21.1. The summed E-state index contributed by atoms with van der Waals surface area (Å²) in [5.41, 5.74) is 4.40. The first-order valence-electron chi connectivity index (χ1n) is 10.8. The number of hydrogen-bond acceptors (Lipinski definition) is 8. The summed E-state index contributed by atoms with van der Waals surface area (Å²) >= 11 is 0. The summed E-state index contributed by atoms with van der Waals surface area (Å²) in [6, 6.07) is 8.71. The number of benzene rings is 2. The third-order valence-corrected chi connectivity index (χ3v) is 7.21. The normalized spacial score (nSPS) is 12.9. The van der Waals surface area contributed by atoms with Crippen molar-refractivity contribution < 1.29 is 22.4 Å². The Kier molecular flexibility index (Phi) is 6.93. The van der Waals surface area contributed by atoms with Crippen molar-refractivity contribution in [3.05, 3.63) is 58.9 Å². The maximum absolute atomic E-state index is 13.2. The fraction of sp³-hybridized carbons (Fsp3) is 0.304. The molecule has 4 aromatic rings. The molecular weight excluding hydrogens is 494 g/mol. The quantitative estimate of drug-likeness (QED) is 0.363. The lowest BCUT2D eigenvalue weighted by molar-refractivity contribution is 0.402. The number of methoxy groups -OCH3 is 2. The van der Waals surface area contributed by atoms with E-state index in [9.17, 15) is 8.42 Å². The maximum Gasteiger partial charge on any atom is 0.266 e. The van der Waals surface area contributed by atoms with Crippen LogP contribution in [-0.4, -0.2) is 37.6 Å². The van der Waals surface area contributed by atoms with Gasteiger partial charge in [-0.1, -0.05) is 18.1 Å². The van der Waals surface area contributed by atoms with Crippen LogP contribution < -0.4 is 19.5 Å². The molecule has 0 spiro atoms. The molecule has 2 aromatic heterocycles. The molecule has 0 aliphatic carbocycles. The molecule has 2 N–H and O–H groups in total. The van der Waals surface area contributed by atoms with Crippen molar-refractivity contribution in [1.82, 2.24) is 20.3 Å². The monoisotopic (exact) mass is 519 g/mol. The Hall–Kier alpha value is -3.28. The number of sulfonamides is 1. The Morgan fingerprint density at radius 1 is 1.11 bits per heavy atom. The second-order valence-electron chi connectivity index (χ2n) is 8.05. The summed E-state index contributed by atoms with van der Waals surface area (Å²) in [6.45, 7) is 4.05. The van der Waals surface area contributed by atoms with Crippen LogP contribution in [0.3, 0.4) is 0 Å². The van der Waals surface area contributed by atoms with Gasteiger partial charge in [0.2, 0.25) is 0 Å². The molecule has 0 atom stereocenters. The molecule has 0 saturated carbocycles. The summed E-state index contributed by atoms with van der Waals surface area (Å²) in [7, 11) is -1.05. The van der Waals surface area contributed by atoms with Crippen LogP contribution in [0.15, 0.2) is 45.9 Å². The molecule has 0 bridgehead atoms. The van der Waals surface area contributed by atoms with Crippen molar-refractivity contribution in [3.8, 4) is 11.5 Å². The first-order valence-corrected chi connectivity index (χ1v) is 12.3. The number of nitrogens with one attached hydrogen (secondary N) is 2. The van der Waals surface area contributed by atoms with Crippen LogP contribution in [0.2, 0.25) is 0 Å². The highest BCUT2D eigenvalue weighted by molar-refractivity contribution is 7.92. The first kappa shape index (κ1) is 24.8. The number of aromatic nitrogens is 3. The van der Waals surface area contributed by atoms with Crippen LogP contribution >= 0.6 is 12.4 Å². The molecule has 0 radical (unpaired) electrons. The summed E-state index contributed by atoms with van der Waals surface area (Å²) in [4.78, 5) is 0.0299. The predicted octanol–water partition coefficient (Wildman–Crippen LogP) is 3.48. The van der Waals surface area contributed by atoms with Gasteiger partial charge in [0, 0.05) is 24.8 Å². The van der Waals surface area contributed by atoms with Gasteiger partial charge in [-0.15, -0.1) is 12.4 Å². The Morgan fingerprint density at radius 2 is 1.91 bits per heavy atom. The number of halogens is 1. The molecular formula is C23H26ClN5O5S. The van der Waals surface area contributed by atoms with Crippen LogP contribution in [0, 0.1) is 0 Å². The van der Waals surface area contributed by atoms with E-state index < -0.39 is 10.0 Å². The van der Waals surface area contributed by atoms with Crippen molar-refractivity contribution >= 4 is 39.2 Å². The molecule has 10 nitrogen and oxygen atoms in total. The third kappa shape index (κ3) is 4.66. The zero-order chi connectivity index (χ0) is 23.9. The second-order valence-corrected chi connectivity index (χ2v) is 9.70. The topological polar surface area (TPSA) is 121 Å². The van der Waals surface area contributed by atoms with E-state index in [1.807, 2.05) is 36.0 Å². The molecule has 12 heteroatoms. The minimum Gasteiger partial charge on any atom is -0.496 e. The van der Waals surface area contributed by atoms with Gasteiger partial charge in [-0.2, -0.15) is 5.10 Å². The lowest BCUT2D eigenvalue weighted by Crippen LogP contribution is -2.15. The highest BCUT2D eigenvalue weighted by Gasteiger charge is 2.25. The van der Waals surface area contributed by atoms with Crippen molar-refractivity contribution in [2.75, 3.05) is 18.9 Å². The van der Waals surface area contributed by atoms with Crippen molar-refractivity contribution in [1.29, 1.82) is 0 Å². The van der Waals surface area contributed by atoms with E-state index >= 15 is 0 Å². The van der Waals surface area contributed by atoms with Crippen molar-refractivity contribution in [2.24, 2.45) is 0 Å². The van der Waals surface area contributed by atoms with Gasteiger partial charge in [0.25, 0.3) is 10.0 Å². The molecule has 0 amide bonds. The van der Waals surface area contributed by atoms with Gasteiger partial charge < -0.3 is 19.3 Å². The van der Waals surface area contributed by atoms with E-state index in [2.05, 4.69) is 20.3 Å². The van der Waals surface area contributed by atoms with E-state index in [0.29, 0.717) is 29.7 Å². The van der Waals surface area contributed by atoms with Gasteiger partial charge in [0.15, 0.2) is 11.4 Å². The Labute approximate surface area is 209 Å². The molecule has 0 saturated heterocycles. The number of aryl methyl sites for hydroxylation is 1. The maximum atomic E-state index is 13.2. The summed E-state index contributed by atoms with van der Waals surface area (Å²) in [6.07, 6.45) is 2.70. The SMILES string of the molecule is CCc1ccc(OC)c(S(=O)(=O)Nc2noc3cc(Cn4cc5c(n4)CNC5)cc(OC)c23)c1.Cl. The molecule has 3 heterocycles. The molecule has 1 aliphatic rings. The molecule has 186 valence electrons. The summed E-state index contributed by atoms with van der Waals surface area (Å²) in [5.74, 6) is 0.738. The number of fused-ring (bicyclic) bond motifs is 2. The fourth-order valence-corrected chi connectivity index (χ4v) is 5.35.